The molecule has 1 amide bonds. The van der Waals surface area contributed by atoms with Crippen molar-refractivity contribution in [1.82, 2.24) is 14.7 Å². The van der Waals surface area contributed by atoms with Crippen molar-refractivity contribution in [1.29, 1.82) is 0 Å². The van der Waals surface area contributed by atoms with Gasteiger partial charge in [-0.1, -0.05) is 18.2 Å². The maximum absolute atomic E-state index is 12.4. The van der Waals surface area contributed by atoms with E-state index in [1.54, 1.807) is 22.0 Å². The SMILES string of the molecule is CCN(CCCN)C(=O)c1cnn(-c2ccccc2)c1. The minimum Gasteiger partial charge on any atom is -0.339 e. The number of nitrogens with zero attached hydrogens (tertiary/aromatic N) is 3. The van der Waals surface area contributed by atoms with Crippen LogP contribution in [-0.2, 0) is 0 Å². The number of amides is 1. The average Bonchev–Trinajstić information content (AvgIpc) is 2.98. The Balaban J connectivity index is 2.13. The molecule has 20 heavy (non-hydrogen) atoms. The van der Waals surface area contributed by atoms with Gasteiger partial charge in [0.15, 0.2) is 0 Å². The molecule has 0 aliphatic carbocycles. The van der Waals surface area contributed by atoms with Crippen molar-refractivity contribution >= 4 is 5.91 Å². The van der Waals surface area contributed by atoms with Crippen LogP contribution in [0.25, 0.3) is 5.69 Å². The highest BCUT2D eigenvalue weighted by Gasteiger charge is 2.15. The van der Waals surface area contributed by atoms with Gasteiger partial charge in [-0.05, 0) is 32.0 Å². The second-order valence-electron chi connectivity index (χ2n) is 4.54. The highest BCUT2D eigenvalue weighted by Crippen LogP contribution is 2.10. The second-order valence-corrected chi connectivity index (χ2v) is 4.54. The zero-order valence-electron chi connectivity index (χ0n) is 11.7. The average molecular weight is 272 g/mol. The van der Waals surface area contributed by atoms with Crippen LogP contribution >= 0.6 is 0 Å². The van der Waals surface area contributed by atoms with Gasteiger partial charge in [0.2, 0.25) is 0 Å². The summed E-state index contributed by atoms with van der Waals surface area (Å²) < 4.78 is 1.71. The van der Waals surface area contributed by atoms with Gasteiger partial charge in [0.1, 0.15) is 0 Å². The molecule has 0 spiro atoms. The maximum atomic E-state index is 12.4. The van der Waals surface area contributed by atoms with Crippen molar-refractivity contribution in [2.75, 3.05) is 19.6 Å². The molecule has 0 fully saturated rings. The summed E-state index contributed by atoms with van der Waals surface area (Å²) in [7, 11) is 0. The fourth-order valence-electron chi connectivity index (χ4n) is 2.02. The predicted molar refractivity (Wildman–Crippen MR) is 78.8 cm³/mol. The lowest BCUT2D eigenvalue weighted by atomic mass is 10.2. The molecule has 1 aromatic carbocycles. The number of hydrogen-bond donors (Lipinski definition) is 1. The minimum absolute atomic E-state index is 0.00290. The molecule has 0 radical (unpaired) electrons. The third kappa shape index (κ3) is 3.24. The third-order valence-electron chi connectivity index (χ3n) is 3.15. The zero-order chi connectivity index (χ0) is 14.4. The Bertz CT molecular complexity index is 550. The minimum atomic E-state index is 0.00290. The molecule has 0 unspecified atom stereocenters. The number of hydrogen-bond acceptors (Lipinski definition) is 3. The fraction of sp³-hybridized carbons (Fsp3) is 0.333. The molecule has 1 heterocycles. The summed E-state index contributed by atoms with van der Waals surface area (Å²) in [4.78, 5) is 14.1. The topological polar surface area (TPSA) is 64.2 Å². The van der Waals surface area contributed by atoms with Crippen LogP contribution in [0.15, 0.2) is 42.7 Å². The van der Waals surface area contributed by atoms with E-state index in [9.17, 15) is 4.79 Å². The normalized spacial score (nSPS) is 10.5. The molecule has 5 heteroatoms. The van der Waals surface area contributed by atoms with Crippen LogP contribution in [-0.4, -0.2) is 40.2 Å². The van der Waals surface area contributed by atoms with Gasteiger partial charge in [0.05, 0.1) is 17.4 Å². The van der Waals surface area contributed by atoms with Crippen LogP contribution < -0.4 is 5.73 Å². The Morgan fingerprint density at radius 3 is 2.75 bits per heavy atom. The standard InChI is InChI=1S/C15H20N4O/c1-2-18(10-6-9-16)15(20)13-11-17-19(12-13)14-7-4-3-5-8-14/h3-5,7-8,11-12H,2,6,9-10,16H2,1H3. The summed E-state index contributed by atoms with van der Waals surface area (Å²) in [6.07, 6.45) is 4.19. The molecule has 2 N–H and O–H groups in total. The first kappa shape index (κ1) is 14.3. The Morgan fingerprint density at radius 1 is 1.35 bits per heavy atom. The molecule has 0 saturated carbocycles. The van der Waals surface area contributed by atoms with E-state index in [0.29, 0.717) is 25.2 Å². The summed E-state index contributed by atoms with van der Waals surface area (Å²) >= 11 is 0. The first-order chi connectivity index (χ1) is 9.76. The van der Waals surface area contributed by atoms with E-state index < -0.39 is 0 Å². The first-order valence-electron chi connectivity index (χ1n) is 6.85. The van der Waals surface area contributed by atoms with Crippen LogP contribution in [0.5, 0.6) is 0 Å². The van der Waals surface area contributed by atoms with Crippen molar-refractivity contribution in [3.05, 3.63) is 48.3 Å². The van der Waals surface area contributed by atoms with Crippen molar-refractivity contribution in [3.8, 4) is 5.69 Å². The Kier molecular flexibility index (Phi) is 4.90. The van der Waals surface area contributed by atoms with Gasteiger partial charge in [-0.15, -0.1) is 0 Å². The lowest BCUT2D eigenvalue weighted by Gasteiger charge is -2.19. The highest BCUT2D eigenvalue weighted by molar-refractivity contribution is 5.93. The molecule has 0 aliphatic rings. The number of rotatable bonds is 6. The smallest absolute Gasteiger partial charge is 0.257 e. The number of para-hydroxylation sites is 1. The highest BCUT2D eigenvalue weighted by atomic mass is 16.2. The van der Waals surface area contributed by atoms with Crippen molar-refractivity contribution in [2.24, 2.45) is 5.73 Å². The third-order valence-corrected chi connectivity index (χ3v) is 3.15. The van der Waals surface area contributed by atoms with Crippen molar-refractivity contribution in [2.45, 2.75) is 13.3 Å². The van der Waals surface area contributed by atoms with Gasteiger partial charge in [-0.3, -0.25) is 4.79 Å². The lowest BCUT2D eigenvalue weighted by Crippen LogP contribution is -2.32. The molecule has 0 saturated heterocycles. The van der Waals surface area contributed by atoms with Crippen molar-refractivity contribution < 1.29 is 4.79 Å². The van der Waals surface area contributed by atoms with Gasteiger partial charge in [-0.25, -0.2) is 4.68 Å². The largest absolute Gasteiger partial charge is 0.339 e. The van der Waals surface area contributed by atoms with Gasteiger partial charge in [-0.2, -0.15) is 5.10 Å². The van der Waals surface area contributed by atoms with Crippen LogP contribution in [0.2, 0.25) is 0 Å². The number of aromatic nitrogens is 2. The molecule has 5 nitrogen and oxygen atoms in total. The number of benzene rings is 1. The van der Waals surface area contributed by atoms with E-state index in [1.165, 1.54) is 0 Å². The molecule has 0 bridgehead atoms. The molecule has 106 valence electrons. The number of carbonyl (C=O) groups excluding carboxylic acids is 1. The molecular weight excluding hydrogens is 252 g/mol. The Hall–Kier alpha value is -2.14. The molecule has 0 atom stereocenters. The molecule has 2 rings (SSSR count). The van der Waals surface area contributed by atoms with E-state index in [-0.39, 0.29) is 5.91 Å². The van der Waals surface area contributed by atoms with E-state index in [2.05, 4.69) is 5.10 Å². The molecular formula is C15H20N4O. The summed E-state index contributed by atoms with van der Waals surface area (Å²) in [5, 5.41) is 4.25. The van der Waals surface area contributed by atoms with Gasteiger partial charge in [0, 0.05) is 19.3 Å². The van der Waals surface area contributed by atoms with Crippen LogP contribution in [0.3, 0.4) is 0 Å². The van der Waals surface area contributed by atoms with Crippen LogP contribution in [0.1, 0.15) is 23.7 Å². The summed E-state index contributed by atoms with van der Waals surface area (Å²) in [5.41, 5.74) is 7.04. The molecule has 0 aliphatic heterocycles. The van der Waals surface area contributed by atoms with E-state index in [1.807, 2.05) is 37.3 Å². The van der Waals surface area contributed by atoms with E-state index in [4.69, 9.17) is 5.73 Å². The fourth-order valence-corrected chi connectivity index (χ4v) is 2.02. The quantitative estimate of drug-likeness (QED) is 0.870. The molecule has 2 aromatic rings. The summed E-state index contributed by atoms with van der Waals surface area (Å²) in [5.74, 6) is 0.00290. The van der Waals surface area contributed by atoms with E-state index >= 15 is 0 Å². The maximum Gasteiger partial charge on any atom is 0.257 e. The number of carbonyl (C=O) groups is 1. The van der Waals surface area contributed by atoms with Crippen molar-refractivity contribution in [3.63, 3.8) is 0 Å². The number of nitrogens with two attached hydrogens (primary N) is 1. The monoisotopic (exact) mass is 272 g/mol. The van der Waals surface area contributed by atoms with Crippen LogP contribution in [0, 0.1) is 0 Å². The first-order valence-corrected chi connectivity index (χ1v) is 6.85. The Labute approximate surface area is 119 Å². The van der Waals surface area contributed by atoms with Crippen LogP contribution in [0.4, 0.5) is 0 Å². The predicted octanol–water partition coefficient (Wildman–Crippen LogP) is 1.68. The van der Waals surface area contributed by atoms with Gasteiger partial charge >= 0.3 is 0 Å². The molecule has 1 aromatic heterocycles. The van der Waals surface area contributed by atoms with Gasteiger partial charge < -0.3 is 10.6 Å². The summed E-state index contributed by atoms with van der Waals surface area (Å²) in [6.45, 7) is 3.92. The second kappa shape index (κ2) is 6.86. The summed E-state index contributed by atoms with van der Waals surface area (Å²) in [6, 6.07) is 9.74. The Morgan fingerprint density at radius 2 is 2.10 bits per heavy atom. The zero-order valence-corrected chi connectivity index (χ0v) is 11.7. The lowest BCUT2D eigenvalue weighted by molar-refractivity contribution is 0.0763. The van der Waals surface area contributed by atoms with Gasteiger partial charge in [0.25, 0.3) is 5.91 Å². The van der Waals surface area contributed by atoms with E-state index in [0.717, 1.165) is 12.1 Å².